The molecule has 1 aromatic rings. The van der Waals surface area contributed by atoms with Gasteiger partial charge in [0.1, 0.15) is 0 Å². The number of rotatable bonds is 2. The topological polar surface area (TPSA) is 12.4 Å². The van der Waals surface area contributed by atoms with Crippen molar-refractivity contribution >= 4 is 11.8 Å². The van der Waals surface area contributed by atoms with E-state index >= 15 is 0 Å². The van der Waals surface area contributed by atoms with Crippen molar-refractivity contribution in [1.29, 1.82) is 0 Å². The molecule has 0 aliphatic carbocycles. The molecule has 0 heterocycles. The van der Waals surface area contributed by atoms with Crippen LogP contribution < -0.4 is 0 Å². The fraction of sp³-hybridized carbons (Fsp3) is 0.250. The fourth-order valence-corrected chi connectivity index (χ4v) is 1.15. The quantitative estimate of drug-likeness (QED) is 0.607. The van der Waals surface area contributed by atoms with E-state index in [2.05, 4.69) is 43.1 Å². The number of aryl methyl sites for hydroxylation is 1. The van der Waals surface area contributed by atoms with Crippen LogP contribution in [-0.2, 0) is 0 Å². The molecule has 0 atom stereocenters. The van der Waals surface area contributed by atoms with Crippen molar-refractivity contribution in [2.45, 2.75) is 20.8 Å². The predicted molar refractivity (Wildman–Crippen MR) is 59.0 cm³/mol. The Morgan fingerprint density at radius 3 is 2.77 bits per heavy atom. The Morgan fingerprint density at radius 2 is 2.15 bits per heavy atom. The molecule has 68 valence electrons. The Labute approximate surface area is 79.8 Å². The third kappa shape index (κ3) is 2.86. The second-order valence-electron chi connectivity index (χ2n) is 3.09. The van der Waals surface area contributed by atoms with Gasteiger partial charge in [-0.1, -0.05) is 29.8 Å². The number of nitrogens with zero attached hydrogens (tertiary/aromatic N) is 1. The van der Waals surface area contributed by atoms with Gasteiger partial charge in [0.2, 0.25) is 0 Å². The second kappa shape index (κ2) is 4.61. The van der Waals surface area contributed by atoms with Crippen LogP contribution in [0, 0.1) is 6.92 Å². The van der Waals surface area contributed by atoms with Gasteiger partial charge in [0, 0.05) is 12.4 Å². The van der Waals surface area contributed by atoms with Crippen LogP contribution in [0.2, 0.25) is 0 Å². The van der Waals surface area contributed by atoms with Gasteiger partial charge in [0.05, 0.1) is 0 Å². The van der Waals surface area contributed by atoms with Crippen LogP contribution in [0.3, 0.4) is 0 Å². The number of aliphatic imine (C=N–C) groups is 1. The molecule has 0 saturated carbocycles. The molecule has 13 heavy (non-hydrogen) atoms. The van der Waals surface area contributed by atoms with Crippen LogP contribution >= 0.6 is 0 Å². The van der Waals surface area contributed by atoms with Gasteiger partial charge in [-0.25, -0.2) is 0 Å². The molecule has 0 bridgehead atoms. The number of benzene rings is 1. The molecule has 0 saturated heterocycles. The number of allylic oxidation sites excluding steroid dienone is 1. The summed E-state index contributed by atoms with van der Waals surface area (Å²) in [4.78, 5) is 4.09. The van der Waals surface area contributed by atoms with Crippen molar-refractivity contribution < 1.29 is 0 Å². The highest BCUT2D eigenvalue weighted by Crippen LogP contribution is 2.14. The molecule has 0 radical (unpaired) electrons. The first-order chi connectivity index (χ1) is 6.24. The summed E-state index contributed by atoms with van der Waals surface area (Å²) in [6.45, 7) is 6.08. The van der Waals surface area contributed by atoms with Crippen molar-refractivity contribution in [2.75, 3.05) is 0 Å². The number of hydrogen-bond acceptors (Lipinski definition) is 1. The van der Waals surface area contributed by atoms with Crippen LogP contribution in [0.15, 0.2) is 35.5 Å². The minimum Gasteiger partial charge on any atom is -0.269 e. The van der Waals surface area contributed by atoms with E-state index in [9.17, 15) is 0 Å². The summed E-state index contributed by atoms with van der Waals surface area (Å²) in [5.41, 5.74) is 3.72. The van der Waals surface area contributed by atoms with Crippen LogP contribution in [-0.4, -0.2) is 6.21 Å². The first-order valence-corrected chi connectivity index (χ1v) is 4.45. The van der Waals surface area contributed by atoms with Crippen molar-refractivity contribution in [3.8, 4) is 0 Å². The van der Waals surface area contributed by atoms with Gasteiger partial charge in [-0.3, -0.25) is 4.99 Å². The summed E-state index contributed by atoms with van der Waals surface area (Å²) in [7, 11) is 0. The fourth-order valence-electron chi connectivity index (χ4n) is 1.15. The third-order valence-electron chi connectivity index (χ3n) is 1.89. The molecule has 0 spiro atoms. The summed E-state index contributed by atoms with van der Waals surface area (Å²) < 4.78 is 0. The van der Waals surface area contributed by atoms with E-state index in [1.54, 1.807) is 6.21 Å². The van der Waals surface area contributed by atoms with Gasteiger partial charge < -0.3 is 0 Å². The highest BCUT2D eigenvalue weighted by atomic mass is 14.7. The van der Waals surface area contributed by atoms with Gasteiger partial charge in [-0.2, -0.15) is 0 Å². The van der Waals surface area contributed by atoms with Gasteiger partial charge in [0.15, 0.2) is 0 Å². The summed E-state index contributed by atoms with van der Waals surface area (Å²) >= 11 is 0. The van der Waals surface area contributed by atoms with E-state index in [0.29, 0.717) is 0 Å². The zero-order chi connectivity index (χ0) is 9.68. The Hall–Kier alpha value is -1.37. The number of hydrogen-bond donors (Lipinski definition) is 0. The van der Waals surface area contributed by atoms with Gasteiger partial charge in [0.25, 0.3) is 0 Å². The standard InChI is InChI=1S/C12H15N/c1-4-13-9-11(3)12-7-5-6-10(2)8-12/h4-9H,1-3H3/b11-9+,13-4?. The molecule has 0 amide bonds. The Balaban J connectivity index is 2.94. The predicted octanol–water partition coefficient (Wildman–Crippen LogP) is 3.45. The average Bonchev–Trinajstić information content (AvgIpc) is 2.14. The third-order valence-corrected chi connectivity index (χ3v) is 1.89. The van der Waals surface area contributed by atoms with Gasteiger partial charge >= 0.3 is 0 Å². The zero-order valence-electron chi connectivity index (χ0n) is 8.41. The van der Waals surface area contributed by atoms with Crippen molar-refractivity contribution in [3.05, 3.63) is 41.6 Å². The lowest BCUT2D eigenvalue weighted by atomic mass is 10.1. The normalized spacial score (nSPS) is 12.4. The molecule has 0 unspecified atom stereocenters. The van der Waals surface area contributed by atoms with E-state index in [0.717, 1.165) is 0 Å². The van der Waals surface area contributed by atoms with Crippen molar-refractivity contribution in [3.63, 3.8) is 0 Å². The second-order valence-corrected chi connectivity index (χ2v) is 3.09. The highest BCUT2D eigenvalue weighted by Gasteiger charge is 1.93. The van der Waals surface area contributed by atoms with Crippen LogP contribution in [0.5, 0.6) is 0 Å². The van der Waals surface area contributed by atoms with Crippen LogP contribution in [0.1, 0.15) is 25.0 Å². The van der Waals surface area contributed by atoms with E-state index in [1.807, 2.05) is 13.1 Å². The minimum absolute atomic E-state index is 1.20. The summed E-state index contributed by atoms with van der Waals surface area (Å²) in [6, 6.07) is 8.43. The molecule has 0 N–H and O–H groups in total. The van der Waals surface area contributed by atoms with E-state index in [1.165, 1.54) is 16.7 Å². The maximum absolute atomic E-state index is 4.09. The van der Waals surface area contributed by atoms with Gasteiger partial charge in [-0.05, 0) is 31.9 Å². The highest BCUT2D eigenvalue weighted by molar-refractivity contribution is 5.66. The van der Waals surface area contributed by atoms with Crippen LogP contribution in [0.4, 0.5) is 0 Å². The lowest BCUT2D eigenvalue weighted by Gasteiger charge is -2.00. The molecule has 0 fully saturated rings. The lowest BCUT2D eigenvalue weighted by Crippen LogP contribution is -1.80. The van der Waals surface area contributed by atoms with Crippen molar-refractivity contribution in [1.82, 2.24) is 0 Å². The first kappa shape index (κ1) is 9.72. The van der Waals surface area contributed by atoms with Crippen LogP contribution in [0.25, 0.3) is 5.57 Å². The molecule has 1 aromatic carbocycles. The average molecular weight is 173 g/mol. The molecular formula is C12H15N. The summed E-state index contributed by atoms with van der Waals surface area (Å²) in [6.07, 6.45) is 3.67. The maximum Gasteiger partial charge on any atom is 0.0298 e. The Kier molecular flexibility index (Phi) is 3.44. The van der Waals surface area contributed by atoms with Crippen molar-refractivity contribution in [2.24, 2.45) is 4.99 Å². The lowest BCUT2D eigenvalue weighted by molar-refractivity contribution is 1.42. The smallest absolute Gasteiger partial charge is 0.0298 e. The molecule has 1 heteroatoms. The molecule has 0 aliphatic rings. The molecule has 1 rings (SSSR count). The zero-order valence-corrected chi connectivity index (χ0v) is 8.41. The summed E-state index contributed by atoms with van der Waals surface area (Å²) in [5, 5.41) is 0. The first-order valence-electron chi connectivity index (χ1n) is 4.45. The summed E-state index contributed by atoms with van der Waals surface area (Å²) in [5.74, 6) is 0. The van der Waals surface area contributed by atoms with E-state index < -0.39 is 0 Å². The molecule has 0 aliphatic heterocycles. The minimum atomic E-state index is 1.20. The Morgan fingerprint density at radius 1 is 1.38 bits per heavy atom. The molecule has 1 nitrogen and oxygen atoms in total. The monoisotopic (exact) mass is 173 g/mol. The SMILES string of the molecule is CC=N/C=C(\C)c1cccc(C)c1. The van der Waals surface area contributed by atoms with E-state index in [4.69, 9.17) is 0 Å². The molecular weight excluding hydrogens is 158 g/mol. The molecule has 0 aromatic heterocycles. The maximum atomic E-state index is 4.09. The largest absolute Gasteiger partial charge is 0.269 e. The Bertz CT molecular complexity index is 335. The van der Waals surface area contributed by atoms with E-state index in [-0.39, 0.29) is 0 Å². The van der Waals surface area contributed by atoms with Gasteiger partial charge in [-0.15, -0.1) is 0 Å².